The van der Waals surface area contributed by atoms with E-state index in [4.69, 9.17) is 20.8 Å². The van der Waals surface area contributed by atoms with Gasteiger partial charge in [-0.25, -0.2) is 14.0 Å². The summed E-state index contributed by atoms with van der Waals surface area (Å²) < 4.78 is 30.5. The Bertz CT molecular complexity index is 1500. The Kier molecular flexibility index (Phi) is 8.66. The average molecular weight is 542 g/mol. The monoisotopic (exact) mass is 541 g/mol. The number of aromatic nitrogens is 1. The van der Waals surface area contributed by atoms with Crippen LogP contribution in [0, 0.1) is 12.4 Å². The number of amides is 2. The third kappa shape index (κ3) is 7.02. The van der Waals surface area contributed by atoms with Gasteiger partial charge in [-0.2, -0.15) is 0 Å². The quantitative estimate of drug-likeness (QED) is 0.187. The largest absolute Gasteiger partial charge is 0.504 e. The van der Waals surface area contributed by atoms with Crippen LogP contribution in [0.15, 0.2) is 72.9 Å². The summed E-state index contributed by atoms with van der Waals surface area (Å²) in [5, 5.41) is 6.05. The molecule has 204 valence electrons. The maximum atomic E-state index is 13.1. The first-order chi connectivity index (χ1) is 19.6. The van der Waals surface area contributed by atoms with E-state index in [1.54, 1.807) is 48.7 Å². The molecule has 40 heavy (non-hydrogen) atoms. The van der Waals surface area contributed by atoms with Crippen molar-refractivity contribution in [1.29, 1.82) is 0 Å². The van der Waals surface area contributed by atoms with Crippen molar-refractivity contribution >= 4 is 34.0 Å². The number of nitrogens with zero attached hydrogens (tertiary/aromatic N) is 3. The van der Waals surface area contributed by atoms with Crippen LogP contribution in [0.5, 0.6) is 17.2 Å². The van der Waals surface area contributed by atoms with E-state index in [1.807, 2.05) is 0 Å². The normalized spacial score (nSPS) is 13.4. The molecule has 0 aliphatic carbocycles. The fourth-order valence-corrected chi connectivity index (χ4v) is 4.28. The average Bonchev–Trinajstić information content (AvgIpc) is 2.98. The van der Waals surface area contributed by atoms with Crippen LogP contribution in [0.3, 0.4) is 0 Å². The number of hydrogen-bond acceptors (Lipinski definition) is 6. The molecule has 9 nitrogen and oxygen atoms in total. The van der Waals surface area contributed by atoms with E-state index < -0.39 is 6.03 Å². The van der Waals surface area contributed by atoms with Crippen LogP contribution < -0.4 is 20.1 Å². The highest BCUT2D eigenvalue weighted by Crippen LogP contribution is 2.37. The molecular formula is C30H28FN5O4. The number of pyridine rings is 1. The van der Waals surface area contributed by atoms with Crippen molar-refractivity contribution in [2.24, 2.45) is 0 Å². The molecule has 1 aliphatic heterocycles. The predicted molar refractivity (Wildman–Crippen MR) is 151 cm³/mol. The van der Waals surface area contributed by atoms with Gasteiger partial charge in [0.15, 0.2) is 0 Å². The third-order valence-electron chi connectivity index (χ3n) is 6.32. The maximum absolute atomic E-state index is 13.1. The standard InChI is InChI=1S/C30H28FN5O4/c1-32-27-19-25-26(20-29(27)39-16-2-13-36-14-17-38-18-15-36)33-12-11-28(25)40-24-9-7-23(8-10-24)35-30(37)34-22-5-3-21(31)4-6-22/h3-12,19-20H,2,13-18H2,(H2,34,35,37). The number of rotatable bonds is 9. The SMILES string of the molecule is [C-]#[N+]c1cc2c(Oc3ccc(NC(=O)Nc4ccc(F)cc4)cc3)ccnc2cc1OCCCN1CCOCC1. The van der Waals surface area contributed by atoms with E-state index in [9.17, 15) is 9.18 Å². The molecule has 4 aromatic rings. The summed E-state index contributed by atoms with van der Waals surface area (Å²) in [6.07, 6.45) is 2.50. The van der Waals surface area contributed by atoms with Crippen molar-refractivity contribution < 1.29 is 23.4 Å². The van der Waals surface area contributed by atoms with Gasteiger partial charge in [0.1, 0.15) is 23.1 Å². The van der Waals surface area contributed by atoms with E-state index in [0.717, 1.165) is 39.3 Å². The molecule has 5 rings (SSSR count). The van der Waals surface area contributed by atoms with Crippen LogP contribution in [0.2, 0.25) is 0 Å². The number of morpholine rings is 1. The molecule has 10 heteroatoms. The fourth-order valence-electron chi connectivity index (χ4n) is 4.28. The Hall–Kier alpha value is -4.72. The second kappa shape index (κ2) is 12.9. The molecular weight excluding hydrogens is 513 g/mol. The van der Waals surface area contributed by atoms with Gasteiger partial charge >= 0.3 is 6.03 Å². The van der Waals surface area contributed by atoms with Crippen LogP contribution in [0.1, 0.15) is 6.42 Å². The molecule has 3 aromatic carbocycles. The van der Waals surface area contributed by atoms with Crippen LogP contribution in [0.4, 0.5) is 26.2 Å². The number of carbonyl (C=O) groups excluding carboxylic acids is 1. The Labute approximate surface area is 231 Å². The molecule has 1 saturated heterocycles. The van der Waals surface area contributed by atoms with Gasteiger partial charge in [0.25, 0.3) is 0 Å². The van der Waals surface area contributed by atoms with Gasteiger partial charge < -0.3 is 24.8 Å². The first-order valence-electron chi connectivity index (χ1n) is 12.9. The smallest absolute Gasteiger partial charge is 0.323 e. The summed E-state index contributed by atoms with van der Waals surface area (Å²) in [6.45, 7) is 12.5. The van der Waals surface area contributed by atoms with Crippen molar-refractivity contribution in [3.8, 4) is 17.2 Å². The molecule has 0 atom stereocenters. The van der Waals surface area contributed by atoms with Crippen molar-refractivity contribution in [3.63, 3.8) is 0 Å². The topological polar surface area (TPSA) is 89.3 Å². The predicted octanol–water partition coefficient (Wildman–Crippen LogP) is 6.46. The van der Waals surface area contributed by atoms with Crippen LogP contribution in [-0.2, 0) is 4.74 Å². The van der Waals surface area contributed by atoms with Gasteiger partial charge in [0.05, 0.1) is 31.9 Å². The van der Waals surface area contributed by atoms with E-state index in [-0.39, 0.29) is 5.82 Å². The number of anilines is 2. The molecule has 2 heterocycles. The van der Waals surface area contributed by atoms with Gasteiger partial charge in [-0.05, 0) is 73.2 Å². The molecule has 0 radical (unpaired) electrons. The Morgan fingerprint density at radius 1 is 1.00 bits per heavy atom. The van der Waals surface area contributed by atoms with E-state index in [2.05, 4.69) is 25.4 Å². The lowest BCUT2D eigenvalue weighted by Crippen LogP contribution is -2.37. The Morgan fingerprint density at radius 3 is 2.40 bits per heavy atom. The van der Waals surface area contributed by atoms with Gasteiger partial charge in [-0.3, -0.25) is 9.88 Å². The number of urea groups is 1. The summed E-state index contributed by atoms with van der Waals surface area (Å²) in [5.41, 5.74) is 2.08. The molecule has 0 spiro atoms. The van der Waals surface area contributed by atoms with Crippen molar-refractivity contribution in [2.45, 2.75) is 6.42 Å². The maximum Gasteiger partial charge on any atom is 0.323 e. The molecule has 0 bridgehead atoms. The van der Waals surface area contributed by atoms with Gasteiger partial charge in [-0.1, -0.05) is 0 Å². The zero-order valence-corrected chi connectivity index (χ0v) is 21.7. The fraction of sp³-hybridized carbons (Fsp3) is 0.233. The number of fused-ring (bicyclic) bond motifs is 1. The van der Waals surface area contributed by atoms with Crippen molar-refractivity contribution in [1.82, 2.24) is 9.88 Å². The molecule has 0 unspecified atom stereocenters. The van der Waals surface area contributed by atoms with Crippen LogP contribution >= 0.6 is 0 Å². The minimum Gasteiger partial charge on any atom is -0.504 e. The van der Waals surface area contributed by atoms with Crippen molar-refractivity contribution in [2.75, 3.05) is 50.1 Å². The Balaban J connectivity index is 1.21. The lowest BCUT2D eigenvalue weighted by Gasteiger charge is -2.26. The van der Waals surface area contributed by atoms with Gasteiger partial charge in [-0.15, -0.1) is 0 Å². The lowest BCUT2D eigenvalue weighted by molar-refractivity contribution is 0.0358. The van der Waals surface area contributed by atoms with E-state index in [0.29, 0.717) is 51.8 Å². The highest BCUT2D eigenvalue weighted by molar-refractivity contribution is 5.99. The lowest BCUT2D eigenvalue weighted by atomic mass is 10.1. The highest BCUT2D eigenvalue weighted by atomic mass is 19.1. The number of benzene rings is 3. The van der Waals surface area contributed by atoms with Crippen molar-refractivity contribution in [3.05, 3.63) is 90.2 Å². The van der Waals surface area contributed by atoms with Crippen LogP contribution in [0.25, 0.3) is 15.7 Å². The molecule has 0 saturated carbocycles. The summed E-state index contributed by atoms with van der Waals surface area (Å²) in [5.74, 6) is 1.22. The Morgan fingerprint density at radius 2 is 1.70 bits per heavy atom. The second-order valence-corrected chi connectivity index (χ2v) is 9.13. The first kappa shape index (κ1) is 26.9. The molecule has 2 N–H and O–H groups in total. The highest BCUT2D eigenvalue weighted by Gasteiger charge is 2.13. The molecule has 2 amide bonds. The molecule has 1 aliphatic rings. The second-order valence-electron chi connectivity index (χ2n) is 9.13. The number of carbonyl (C=O) groups is 1. The summed E-state index contributed by atoms with van der Waals surface area (Å²) in [6, 6.07) is 17.1. The number of nitrogens with one attached hydrogen (secondary N) is 2. The summed E-state index contributed by atoms with van der Waals surface area (Å²) >= 11 is 0. The zero-order chi connectivity index (χ0) is 27.7. The van der Waals surface area contributed by atoms with E-state index in [1.165, 1.54) is 24.3 Å². The first-order valence-corrected chi connectivity index (χ1v) is 12.9. The molecule has 1 aromatic heterocycles. The summed E-state index contributed by atoms with van der Waals surface area (Å²) in [4.78, 5) is 22.7. The number of ether oxygens (including phenoxy) is 3. The minimum atomic E-state index is -0.453. The zero-order valence-electron chi connectivity index (χ0n) is 21.7. The minimum absolute atomic E-state index is 0.377. The van der Waals surface area contributed by atoms with Crippen LogP contribution in [-0.4, -0.2) is 55.4 Å². The van der Waals surface area contributed by atoms with E-state index >= 15 is 0 Å². The van der Waals surface area contributed by atoms with Gasteiger partial charge in [0.2, 0.25) is 5.69 Å². The third-order valence-corrected chi connectivity index (χ3v) is 6.32. The number of halogens is 1. The molecule has 1 fully saturated rings. The summed E-state index contributed by atoms with van der Waals surface area (Å²) in [7, 11) is 0. The van der Waals surface area contributed by atoms with Gasteiger partial charge in [0, 0.05) is 42.6 Å². The number of hydrogen-bond donors (Lipinski definition) is 2.